The SMILES string of the molecule is COc1cccc(N2CCCCCC2=O)c1. The lowest BCUT2D eigenvalue weighted by Gasteiger charge is -2.21. The predicted molar refractivity (Wildman–Crippen MR) is 63.8 cm³/mol. The molecule has 3 nitrogen and oxygen atoms in total. The predicted octanol–water partition coefficient (Wildman–Crippen LogP) is 2.60. The quantitative estimate of drug-likeness (QED) is 0.765. The third-order valence-electron chi connectivity index (χ3n) is 2.94. The van der Waals surface area contributed by atoms with Crippen LogP contribution in [0.4, 0.5) is 5.69 Å². The van der Waals surface area contributed by atoms with Gasteiger partial charge in [-0.15, -0.1) is 0 Å². The minimum atomic E-state index is 0.228. The molecule has 16 heavy (non-hydrogen) atoms. The second-order valence-electron chi connectivity index (χ2n) is 4.06. The van der Waals surface area contributed by atoms with Gasteiger partial charge in [-0.1, -0.05) is 12.5 Å². The molecule has 0 saturated carbocycles. The maximum absolute atomic E-state index is 11.9. The molecule has 0 unspecified atom stereocenters. The number of methoxy groups -OCH3 is 1. The van der Waals surface area contributed by atoms with Gasteiger partial charge >= 0.3 is 0 Å². The second-order valence-corrected chi connectivity index (χ2v) is 4.06. The molecule has 0 aliphatic carbocycles. The zero-order chi connectivity index (χ0) is 11.4. The molecular weight excluding hydrogens is 202 g/mol. The van der Waals surface area contributed by atoms with Gasteiger partial charge in [0.05, 0.1) is 7.11 Å². The van der Waals surface area contributed by atoms with Crippen molar-refractivity contribution < 1.29 is 9.53 Å². The van der Waals surface area contributed by atoms with Crippen molar-refractivity contribution in [2.24, 2.45) is 0 Å². The highest BCUT2D eigenvalue weighted by Crippen LogP contribution is 2.24. The van der Waals surface area contributed by atoms with Gasteiger partial charge in [0.15, 0.2) is 0 Å². The summed E-state index contributed by atoms with van der Waals surface area (Å²) >= 11 is 0. The van der Waals surface area contributed by atoms with Crippen molar-refractivity contribution in [2.45, 2.75) is 25.7 Å². The summed E-state index contributed by atoms with van der Waals surface area (Å²) in [5, 5.41) is 0. The maximum Gasteiger partial charge on any atom is 0.226 e. The fraction of sp³-hybridized carbons (Fsp3) is 0.462. The van der Waals surface area contributed by atoms with Crippen LogP contribution in [-0.2, 0) is 4.79 Å². The minimum Gasteiger partial charge on any atom is -0.497 e. The first kappa shape index (κ1) is 11.0. The largest absolute Gasteiger partial charge is 0.497 e. The molecule has 2 rings (SSSR count). The summed E-state index contributed by atoms with van der Waals surface area (Å²) < 4.78 is 5.17. The molecule has 86 valence electrons. The number of ether oxygens (including phenoxy) is 1. The minimum absolute atomic E-state index is 0.228. The van der Waals surface area contributed by atoms with E-state index in [1.54, 1.807) is 7.11 Å². The summed E-state index contributed by atoms with van der Waals surface area (Å²) in [4.78, 5) is 13.8. The first-order valence-electron chi connectivity index (χ1n) is 5.75. The van der Waals surface area contributed by atoms with Crippen molar-refractivity contribution in [3.8, 4) is 5.75 Å². The molecule has 1 amide bonds. The smallest absolute Gasteiger partial charge is 0.226 e. The Balaban J connectivity index is 2.23. The number of carbonyl (C=O) groups is 1. The zero-order valence-corrected chi connectivity index (χ0v) is 9.61. The Morgan fingerprint density at radius 3 is 2.94 bits per heavy atom. The molecule has 1 aromatic rings. The van der Waals surface area contributed by atoms with Crippen LogP contribution in [-0.4, -0.2) is 19.6 Å². The van der Waals surface area contributed by atoms with E-state index in [1.165, 1.54) is 0 Å². The molecule has 1 aliphatic heterocycles. The monoisotopic (exact) mass is 219 g/mol. The lowest BCUT2D eigenvalue weighted by atomic mass is 10.2. The van der Waals surface area contributed by atoms with E-state index in [1.807, 2.05) is 29.2 Å². The Hall–Kier alpha value is -1.51. The molecule has 1 aromatic carbocycles. The van der Waals surface area contributed by atoms with Crippen molar-refractivity contribution >= 4 is 11.6 Å². The molecule has 3 heteroatoms. The average molecular weight is 219 g/mol. The molecule has 0 radical (unpaired) electrons. The van der Waals surface area contributed by atoms with Crippen LogP contribution in [0.15, 0.2) is 24.3 Å². The number of hydrogen-bond acceptors (Lipinski definition) is 2. The molecule has 0 aromatic heterocycles. The van der Waals surface area contributed by atoms with E-state index in [0.29, 0.717) is 6.42 Å². The van der Waals surface area contributed by atoms with Crippen LogP contribution in [0.3, 0.4) is 0 Å². The Morgan fingerprint density at radius 1 is 1.25 bits per heavy atom. The van der Waals surface area contributed by atoms with E-state index in [2.05, 4.69) is 0 Å². The van der Waals surface area contributed by atoms with Crippen LogP contribution in [0, 0.1) is 0 Å². The van der Waals surface area contributed by atoms with E-state index in [-0.39, 0.29) is 5.91 Å². The molecular formula is C13H17NO2. The highest BCUT2D eigenvalue weighted by molar-refractivity contribution is 5.93. The van der Waals surface area contributed by atoms with Crippen LogP contribution >= 0.6 is 0 Å². The maximum atomic E-state index is 11.9. The van der Waals surface area contributed by atoms with Gasteiger partial charge in [0.2, 0.25) is 5.91 Å². The molecule has 1 aliphatic rings. The summed E-state index contributed by atoms with van der Waals surface area (Å²) in [6, 6.07) is 7.70. The average Bonchev–Trinajstić information content (AvgIpc) is 2.54. The topological polar surface area (TPSA) is 29.5 Å². The fourth-order valence-corrected chi connectivity index (χ4v) is 2.03. The Morgan fingerprint density at radius 2 is 2.12 bits per heavy atom. The highest BCUT2D eigenvalue weighted by atomic mass is 16.5. The van der Waals surface area contributed by atoms with Gasteiger partial charge in [-0.3, -0.25) is 4.79 Å². The number of nitrogens with zero attached hydrogens (tertiary/aromatic N) is 1. The second kappa shape index (κ2) is 5.01. The Bertz CT molecular complexity index is 376. The van der Waals surface area contributed by atoms with E-state index in [4.69, 9.17) is 4.74 Å². The van der Waals surface area contributed by atoms with Crippen LogP contribution in [0.1, 0.15) is 25.7 Å². The van der Waals surface area contributed by atoms with Crippen LogP contribution < -0.4 is 9.64 Å². The summed E-state index contributed by atoms with van der Waals surface area (Å²) in [5.74, 6) is 1.03. The van der Waals surface area contributed by atoms with Crippen molar-refractivity contribution in [3.63, 3.8) is 0 Å². The number of anilines is 1. The van der Waals surface area contributed by atoms with Gasteiger partial charge in [0.1, 0.15) is 5.75 Å². The number of carbonyl (C=O) groups excluding carboxylic acids is 1. The number of hydrogen-bond donors (Lipinski definition) is 0. The number of amides is 1. The molecule has 1 fully saturated rings. The number of rotatable bonds is 2. The van der Waals surface area contributed by atoms with Gasteiger partial charge in [-0.2, -0.15) is 0 Å². The summed E-state index contributed by atoms with van der Waals surface area (Å²) in [5.41, 5.74) is 0.950. The molecule has 0 atom stereocenters. The van der Waals surface area contributed by atoms with Gasteiger partial charge in [0, 0.05) is 24.7 Å². The van der Waals surface area contributed by atoms with Crippen LogP contribution in [0.2, 0.25) is 0 Å². The number of benzene rings is 1. The van der Waals surface area contributed by atoms with Gasteiger partial charge < -0.3 is 9.64 Å². The molecule has 1 saturated heterocycles. The molecule has 0 spiro atoms. The first-order chi connectivity index (χ1) is 7.81. The normalized spacial score (nSPS) is 17.1. The summed E-state index contributed by atoms with van der Waals surface area (Å²) in [7, 11) is 1.64. The van der Waals surface area contributed by atoms with E-state index in [0.717, 1.165) is 37.2 Å². The summed E-state index contributed by atoms with van der Waals surface area (Å²) in [6.45, 7) is 0.825. The Labute approximate surface area is 96.0 Å². The van der Waals surface area contributed by atoms with Gasteiger partial charge in [-0.25, -0.2) is 0 Å². The fourth-order valence-electron chi connectivity index (χ4n) is 2.03. The Kier molecular flexibility index (Phi) is 3.44. The highest BCUT2D eigenvalue weighted by Gasteiger charge is 2.18. The third-order valence-corrected chi connectivity index (χ3v) is 2.94. The molecule has 0 bridgehead atoms. The van der Waals surface area contributed by atoms with Crippen molar-refractivity contribution in [2.75, 3.05) is 18.6 Å². The van der Waals surface area contributed by atoms with Crippen molar-refractivity contribution in [1.82, 2.24) is 0 Å². The summed E-state index contributed by atoms with van der Waals surface area (Å²) in [6.07, 6.45) is 3.91. The van der Waals surface area contributed by atoms with Crippen molar-refractivity contribution in [1.29, 1.82) is 0 Å². The lowest BCUT2D eigenvalue weighted by Crippen LogP contribution is -2.29. The van der Waals surface area contributed by atoms with E-state index in [9.17, 15) is 4.79 Å². The van der Waals surface area contributed by atoms with Gasteiger partial charge in [-0.05, 0) is 25.0 Å². The third kappa shape index (κ3) is 2.35. The van der Waals surface area contributed by atoms with E-state index >= 15 is 0 Å². The first-order valence-corrected chi connectivity index (χ1v) is 5.75. The molecule has 1 heterocycles. The van der Waals surface area contributed by atoms with E-state index < -0.39 is 0 Å². The van der Waals surface area contributed by atoms with Crippen LogP contribution in [0.25, 0.3) is 0 Å². The van der Waals surface area contributed by atoms with Crippen LogP contribution in [0.5, 0.6) is 5.75 Å². The van der Waals surface area contributed by atoms with Gasteiger partial charge in [0.25, 0.3) is 0 Å². The standard InChI is InChI=1S/C13H17NO2/c1-16-12-7-5-6-11(10-12)14-9-4-2-3-8-13(14)15/h5-7,10H,2-4,8-9H2,1H3. The van der Waals surface area contributed by atoms with Crippen molar-refractivity contribution in [3.05, 3.63) is 24.3 Å². The zero-order valence-electron chi connectivity index (χ0n) is 9.61. The molecule has 0 N–H and O–H groups in total. The lowest BCUT2D eigenvalue weighted by molar-refractivity contribution is -0.118.